The minimum Gasteiger partial charge on any atom is -0.497 e. The van der Waals surface area contributed by atoms with Gasteiger partial charge in [-0.3, -0.25) is 14.7 Å². The Morgan fingerprint density at radius 3 is 2.24 bits per heavy atom. The van der Waals surface area contributed by atoms with Crippen molar-refractivity contribution in [3.8, 4) is 11.5 Å². The molecule has 2 heterocycles. The van der Waals surface area contributed by atoms with E-state index in [9.17, 15) is 4.79 Å². The van der Waals surface area contributed by atoms with Gasteiger partial charge < -0.3 is 14.8 Å². The average Bonchev–Trinajstić information content (AvgIpc) is 2.73. The van der Waals surface area contributed by atoms with Crippen molar-refractivity contribution in [1.29, 1.82) is 0 Å². The van der Waals surface area contributed by atoms with Crippen LogP contribution in [-0.4, -0.2) is 29.7 Å². The molecule has 29 heavy (non-hydrogen) atoms. The Morgan fingerprint density at radius 1 is 1.00 bits per heavy atom. The summed E-state index contributed by atoms with van der Waals surface area (Å²) >= 11 is 0. The van der Waals surface area contributed by atoms with Gasteiger partial charge in [0, 0.05) is 17.4 Å². The molecular formula is C21H21N5O3. The van der Waals surface area contributed by atoms with Crippen LogP contribution in [-0.2, 0) is 0 Å². The summed E-state index contributed by atoms with van der Waals surface area (Å²) in [5.41, 5.74) is 2.13. The van der Waals surface area contributed by atoms with E-state index >= 15 is 0 Å². The van der Waals surface area contributed by atoms with E-state index in [1.807, 2.05) is 48.5 Å². The first kappa shape index (κ1) is 18.5. The van der Waals surface area contributed by atoms with Gasteiger partial charge in [-0.25, -0.2) is 9.98 Å². The molecule has 2 aromatic carbocycles. The molecule has 8 heteroatoms. The highest BCUT2D eigenvalue weighted by Crippen LogP contribution is 2.27. The molecule has 3 aromatic rings. The lowest BCUT2D eigenvalue weighted by Crippen LogP contribution is -2.37. The molecule has 0 aliphatic carbocycles. The smallest absolute Gasteiger partial charge is 0.257 e. The Balaban J connectivity index is 1.74. The van der Waals surface area contributed by atoms with Crippen molar-refractivity contribution in [2.24, 2.45) is 4.99 Å². The van der Waals surface area contributed by atoms with Crippen molar-refractivity contribution < 1.29 is 9.47 Å². The number of aromatic nitrogens is 2. The average molecular weight is 391 g/mol. The number of rotatable bonds is 4. The Bertz CT molecular complexity index is 1100. The SMILES string of the molecule is COc1ccc(NC2=N[C@H](c3ccc(OC)cc3)n3c(nc(C)cc3=O)N2)cc1. The highest BCUT2D eigenvalue weighted by Gasteiger charge is 2.25. The van der Waals surface area contributed by atoms with Gasteiger partial charge in [-0.1, -0.05) is 12.1 Å². The summed E-state index contributed by atoms with van der Waals surface area (Å²) in [6.45, 7) is 1.79. The van der Waals surface area contributed by atoms with Crippen molar-refractivity contribution >= 4 is 17.6 Å². The van der Waals surface area contributed by atoms with Gasteiger partial charge in [0.1, 0.15) is 11.5 Å². The molecule has 0 unspecified atom stereocenters. The van der Waals surface area contributed by atoms with Crippen molar-refractivity contribution in [2.45, 2.75) is 13.1 Å². The monoisotopic (exact) mass is 391 g/mol. The molecule has 148 valence electrons. The van der Waals surface area contributed by atoms with Crippen LogP contribution in [0.4, 0.5) is 11.6 Å². The Kier molecular flexibility index (Phi) is 4.90. The van der Waals surface area contributed by atoms with Crippen LogP contribution in [0.15, 0.2) is 64.4 Å². The van der Waals surface area contributed by atoms with Crippen LogP contribution in [0.3, 0.4) is 0 Å². The molecule has 0 bridgehead atoms. The zero-order valence-electron chi connectivity index (χ0n) is 16.3. The molecule has 1 aliphatic rings. The molecule has 0 saturated heterocycles. The van der Waals surface area contributed by atoms with Crippen LogP contribution < -0.4 is 25.7 Å². The van der Waals surface area contributed by atoms with Gasteiger partial charge in [0.15, 0.2) is 6.17 Å². The van der Waals surface area contributed by atoms with Gasteiger partial charge in [0.2, 0.25) is 11.9 Å². The predicted octanol–water partition coefficient (Wildman–Crippen LogP) is 3.01. The van der Waals surface area contributed by atoms with Crippen LogP contribution in [0.2, 0.25) is 0 Å². The molecule has 0 spiro atoms. The maximum absolute atomic E-state index is 12.7. The number of ether oxygens (including phenoxy) is 2. The molecular weight excluding hydrogens is 370 g/mol. The fourth-order valence-corrected chi connectivity index (χ4v) is 3.12. The van der Waals surface area contributed by atoms with Crippen LogP contribution in [0, 0.1) is 6.92 Å². The fourth-order valence-electron chi connectivity index (χ4n) is 3.12. The third-order valence-electron chi connectivity index (χ3n) is 4.57. The van der Waals surface area contributed by atoms with Gasteiger partial charge >= 0.3 is 0 Å². The zero-order valence-corrected chi connectivity index (χ0v) is 16.3. The quantitative estimate of drug-likeness (QED) is 0.711. The summed E-state index contributed by atoms with van der Waals surface area (Å²) in [5, 5.41) is 6.35. The predicted molar refractivity (Wildman–Crippen MR) is 112 cm³/mol. The molecule has 1 atom stereocenters. The van der Waals surface area contributed by atoms with Gasteiger partial charge in [0.25, 0.3) is 5.56 Å². The van der Waals surface area contributed by atoms with Crippen LogP contribution in [0.5, 0.6) is 11.5 Å². The topological polar surface area (TPSA) is 89.8 Å². The molecule has 1 aromatic heterocycles. The van der Waals surface area contributed by atoms with Crippen molar-refractivity contribution in [3.05, 3.63) is 76.2 Å². The Hall–Kier alpha value is -3.81. The van der Waals surface area contributed by atoms with E-state index in [0.717, 1.165) is 22.7 Å². The normalized spacial score (nSPS) is 15.0. The molecule has 0 amide bonds. The number of fused-ring (bicyclic) bond motifs is 1. The van der Waals surface area contributed by atoms with E-state index in [2.05, 4.69) is 15.6 Å². The third-order valence-corrected chi connectivity index (χ3v) is 4.57. The second-order valence-corrected chi connectivity index (χ2v) is 6.53. The number of guanidine groups is 1. The van der Waals surface area contributed by atoms with Gasteiger partial charge in [0.05, 0.1) is 14.2 Å². The standard InChI is InChI=1S/C21H21N5O3/c1-13-12-18(27)26-19(14-4-8-16(28-2)9-5-14)24-20(25-21(26)22-13)23-15-6-10-17(29-3)11-7-15/h4-12,19H,1-3H3,(H2,22,23,24,25)/t19-/m0/s1. The Morgan fingerprint density at radius 2 is 1.62 bits per heavy atom. The largest absolute Gasteiger partial charge is 0.497 e. The lowest BCUT2D eigenvalue weighted by atomic mass is 10.1. The van der Waals surface area contributed by atoms with Gasteiger partial charge in [-0.05, 0) is 48.9 Å². The zero-order chi connectivity index (χ0) is 20.4. The highest BCUT2D eigenvalue weighted by atomic mass is 16.5. The summed E-state index contributed by atoms with van der Waals surface area (Å²) < 4.78 is 12.0. The number of nitrogens with one attached hydrogen (secondary N) is 2. The number of benzene rings is 2. The number of aryl methyl sites for hydroxylation is 1. The van der Waals surface area contributed by atoms with Crippen molar-refractivity contribution in [3.63, 3.8) is 0 Å². The summed E-state index contributed by atoms with van der Waals surface area (Å²) in [6, 6.07) is 16.4. The van der Waals surface area contributed by atoms with E-state index in [-0.39, 0.29) is 5.56 Å². The number of hydrogen-bond donors (Lipinski definition) is 2. The van der Waals surface area contributed by atoms with E-state index < -0.39 is 6.17 Å². The molecule has 4 rings (SSSR count). The summed E-state index contributed by atoms with van der Waals surface area (Å²) in [6.07, 6.45) is -0.557. The molecule has 0 fully saturated rings. The first-order chi connectivity index (χ1) is 14.1. The second kappa shape index (κ2) is 7.67. The highest BCUT2D eigenvalue weighted by molar-refractivity contribution is 6.03. The van der Waals surface area contributed by atoms with Gasteiger partial charge in [-0.15, -0.1) is 0 Å². The lowest BCUT2D eigenvalue weighted by molar-refractivity contribution is 0.414. The number of nitrogens with zero attached hydrogens (tertiary/aromatic N) is 3. The van der Waals surface area contributed by atoms with Gasteiger partial charge in [-0.2, -0.15) is 0 Å². The minimum absolute atomic E-state index is 0.173. The van der Waals surface area contributed by atoms with E-state index in [0.29, 0.717) is 17.6 Å². The van der Waals surface area contributed by atoms with Crippen molar-refractivity contribution in [1.82, 2.24) is 9.55 Å². The molecule has 0 saturated carbocycles. The second-order valence-electron chi connectivity index (χ2n) is 6.53. The molecule has 1 aliphatic heterocycles. The number of hydrogen-bond acceptors (Lipinski definition) is 7. The number of anilines is 2. The van der Waals surface area contributed by atoms with Crippen LogP contribution in [0.1, 0.15) is 17.4 Å². The molecule has 0 radical (unpaired) electrons. The minimum atomic E-state index is -0.557. The van der Waals surface area contributed by atoms with E-state index in [4.69, 9.17) is 14.5 Å². The third kappa shape index (κ3) is 3.77. The molecule has 2 N–H and O–H groups in total. The maximum atomic E-state index is 12.7. The number of aliphatic imine (C=N–C) groups is 1. The summed E-state index contributed by atoms with van der Waals surface area (Å²) in [5.74, 6) is 2.42. The van der Waals surface area contributed by atoms with Crippen molar-refractivity contribution in [2.75, 3.05) is 24.9 Å². The van der Waals surface area contributed by atoms with Crippen LogP contribution in [0.25, 0.3) is 0 Å². The molecule has 8 nitrogen and oxygen atoms in total. The number of methoxy groups -OCH3 is 2. The first-order valence-corrected chi connectivity index (χ1v) is 9.07. The van der Waals surface area contributed by atoms with E-state index in [1.54, 1.807) is 21.1 Å². The first-order valence-electron chi connectivity index (χ1n) is 9.07. The summed E-state index contributed by atoms with van der Waals surface area (Å²) in [4.78, 5) is 21.9. The maximum Gasteiger partial charge on any atom is 0.257 e. The van der Waals surface area contributed by atoms with Crippen LogP contribution >= 0.6 is 0 Å². The van der Waals surface area contributed by atoms with E-state index in [1.165, 1.54) is 10.6 Å². The fraction of sp³-hybridized carbons (Fsp3) is 0.190. The lowest BCUT2D eigenvalue weighted by Gasteiger charge is -2.27. The Labute approximate surface area is 167 Å². The summed E-state index contributed by atoms with van der Waals surface area (Å²) in [7, 11) is 3.23.